The Morgan fingerprint density at radius 3 is 1.39 bits per heavy atom. The van der Waals surface area contributed by atoms with Gasteiger partial charge < -0.3 is 9.47 Å². The molecule has 0 saturated carbocycles. The van der Waals surface area contributed by atoms with Gasteiger partial charge in [0.25, 0.3) is 0 Å². The smallest absolute Gasteiger partial charge is 0.308 e. The van der Waals surface area contributed by atoms with Crippen molar-refractivity contribution in [2.45, 2.75) is 176 Å². The lowest BCUT2D eigenvalue weighted by Crippen LogP contribution is -2.19. The molecule has 0 rings (SSSR count). The molecule has 4 heteroatoms. The molecular formula is C34H66O4. The SMILES string of the molecule is CCCCC(CC)COC(=O)CCCCCCCCCCCCCCC(C)C(=O)OCC(CC)CCCC. The Morgan fingerprint density at radius 2 is 0.947 bits per heavy atom. The number of carbonyl (C=O) groups excluding carboxylic acids is 2. The summed E-state index contributed by atoms with van der Waals surface area (Å²) in [4.78, 5) is 24.2. The molecule has 0 amide bonds. The van der Waals surface area contributed by atoms with Crippen LogP contribution in [0.4, 0.5) is 0 Å². The van der Waals surface area contributed by atoms with Crippen LogP contribution in [0, 0.1) is 17.8 Å². The first kappa shape index (κ1) is 36.9. The lowest BCUT2D eigenvalue weighted by atomic mass is 10.00. The van der Waals surface area contributed by atoms with Crippen molar-refractivity contribution in [3.05, 3.63) is 0 Å². The topological polar surface area (TPSA) is 52.6 Å². The van der Waals surface area contributed by atoms with Crippen molar-refractivity contribution in [1.82, 2.24) is 0 Å². The molecule has 0 N–H and O–H groups in total. The third-order valence-corrected chi connectivity index (χ3v) is 8.20. The van der Waals surface area contributed by atoms with Gasteiger partial charge in [-0.25, -0.2) is 0 Å². The molecule has 3 unspecified atom stereocenters. The van der Waals surface area contributed by atoms with Gasteiger partial charge in [0.15, 0.2) is 0 Å². The van der Waals surface area contributed by atoms with Crippen LogP contribution in [0.25, 0.3) is 0 Å². The monoisotopic (exact) mass is 538 g/mol. The van der Waals surface area contributed by atoms with Crippen LogP contribution in [0.1, 0.15) is 176 Å². The van der Waals surface area contributed by atoms with Gasteiger partial charge in [-0.1, -0.05) is 144 Å². The summed E-state index contributed by atoms with van der Waals surface area (Å²) in [6, 6.07) is 0. The maximum Gasteiger partial charge on any atom is 0.308 e. The summed E-state index contributed by atoms with van der Waals surface area (Å²) >= 11 is 0. The summed E-state index contributed by atoms with van der Waals surface area (Å²) in [5.41, 5.74) is 0. The van der Waals surface area contributed by atoms with Crippen LogP contribution in [0.15, 0.2) is 0 Å². The zero-order valence-electron chi connectivity index (χ0n) is 26.3. The molecule has 0 aliphatic heterocycles. The molecule has 0 fully saturated rings. The minimum absolute atomic E-state index is 0.00254. The maximum absolute atomic E-state index is 12.3. The first-order valence-corrected chi connectivity index (χ1v) is 16.8. The molecule has 38 heavy (non-hydrogen) atoms. The number of rotatable bonds is 28. The Morgan fingerprint density at radius 1 is 0.526 bits per heavy atom. The van der Waals surface area contributed by atoms with Crippen molar-refractivity contribution in [1.29, 1.82) is 0 Å². The third kappa shape index (κ3) is 22.9. The zero-order chi connectivity index (χ0) is 28.3. The van der Waals surface area contributed by atoms with Crippen molar-refractivity contribution in [3.63, 3.8) is 0 Å². The minimum atomic E-state index is -0.00254. The molecule has 0 bridgehead atoms. The second-order valence-electron chi connectivity index (χ2n) is 11.8. The standard InChI is InChI=1S/C34H66O4/c1-6-10-25-31(8-3)28-37-33(35)27-23-21-19-17-15-13-12-14-16-18-20-22-24-30(5)34(36)38-29-32(9-4)26-11-7-2/h30-32H,6-29H2,1-5H3. The normalized spacial score (nSPS) is 13.7. The number of esters is 2. The van der Waals surface area contributed by atoms with Gasteiger partial charge in [0.1, 0.15) is 0 Å². The highest BCUT2D eigenvalue weighted by atomic mass is 16.5. The number of hydrogen-bond acceptors (Lipinski definition) is 4. The first-order valence-electron chi connectivity index (χ1n) is 16.8. The van der Waals surface area contributed by atoms with Crippen LogP contribution in [-0.2, 0) is 19.1 Å². The van der Waals surface area contributed by atoms with Crippen molar-refractivity contribution in [2.75, 3.05) is 13.2 Å². The fourth-order valence-corrected chi connectivity index (χ4v) is 5.03. The molecule has 0 aromatic heterocycles. The predicted octanol–water partition coefficient (Wildman–Crippen LogP) is 10.6. The molecule has 0 aromatic rings. The summed E-state index contributed by atoms with van der Waals surface area (Å²) in [5.74, 6) is 1.10. The number of hydrogen-bond donors (Lipinski definition) is 0. The molecule has 3 atom stereocenters. The van der Waals surface area contributed by atoms with E-state index in [4.69, 9.17) is 9.47 Å². The molecule has 0 saturated heterocycles. The second kappa shape index (κ2) is 27.5. The van der Waals surface area contributed by atoms with E-state index in [0.717, 1.165) is 38.5 Å². The fraction of sp³-hybridized carbons (Fsp3) is 0.941. The average molecular weight is 539 g/mol. The molecule has 0 aliphatic rings. The minimum Gasteiger partial charge on any atom is -0.465 e. The Hall–Kier alpha value is -1.06. The number of ether oxygens (including phenoxy) is 2. The summed E-state index contributed by atoms with van der Waals surface area (Å²) < 4.78 is 11.1. The largest absolute Gasteiger partial charge is 0.465 e. The lowest BCUT2D eigenvalue weighted by molar-refractivity contribution is -0.149. The third-order valence-electron chi connectivity index (χ3n) is 8.20. The molecule has 0 aromatic carbocycles. The van der Waals surface area contributed by atoms with Crippen molar-refractivity contribution < 1.29 is 19.1 Å². The van der Waals surface area contributed by atoms with E-state index in [9.17, 15) is 9.59 Å². The van der Waals surface area contributed by atoms with Gasteiger partial charge in [-0.2, -0.15) is 0 Å². The van der Waals surface area contributed by atoms with Crippen molar-refractivity contribution in [2.24, 2.45) is 17.8 Å². The van der Waals surface area contributed by atoms with Gasteiger partial charge in [0, 0.05) is 6.42 Å². The fourth-order valence-electron chi connectivity index (χ4n) is 5.03. The first-order chi connectivity index (χ1) is 18.5. The van der Waals surface area contributed by atoms with Crippen LogP contribution in [-0.4, -0.2) is 25.2 Å². The highest BCUT2D eigenvalue weighted by molar-refractivity contribution is 5.71. The highest BCUT2D eigenvalue weighted by Gasteiger charge is 2.16. The number of carbonyl (C=O) groups is 2. The predicted molar refractivity (Wildman–Crippen MR) is 162 cm³/mol. The van der Waals surface area contributed by atoms with Crippen molar-refractivity contribution in [3.8, 4) is 0 Å². The summed E-state index contributed by atoms with van der Waals surface area (Å²) in [6.45, 7) is 12.0. The van der Waals surface area contributed by atoms with Gasteiger partial charge in [-0.15, -0.1) is 0 Å². The van der Waals surface area contributed by atoms with E-state index in [1.54, 1.807) is 0 Å². The molecular weight excluding hydrogens is 472 g/mol. The van der Waals surface area contributed by atoms with Gasteiger partial charge in [-0.3, -0.25) is 9.59 Å². The summed E-state index contributed by atoms with van der Waals surface area (Å²) in [5, 5.41) is 0. The second-order valence-corrected chi connectivity index (χ2v) is 11.8. The van der Waals surface area contributed by atoms with Crippen LogP contribution in [0.5, 0.6) is 0 Å². The molecule has 0 heterocycles. The Labute approximate surface area is 237 Å². The van der Waals surface area contributed by atoms with Gasteiger partial charge in [0.05, 0.1) is 19.1 Å². The van der Waals surface area contributed by atoms with E-state index in [-0.39, 0.29) is 17.9 Å². The zero-order valence-corrected chi connectivity index (χ0v) is 26.3. The van der Waals surface area contributed by atoms with Crippen LogP contribution in [0.3, 0.4) is 0 Å². The van der Waals surface area contributed by atoms with E-state index < -0.39 is 0 Å². The van der Waals surface area contributed by atoms with Crippen molar-refractivity contribution >= 4 is 11.9 Å². The maximum atomic E-state index is 12.3. The molecule has 0 spiro atoms. The van der Waals surface area contributed by atoms with Gasteiger partial charge >= 0.3 is 11.9 Å². The Bertz CT molecular complexity index is 533. The van der Waals surface area contributed by atoms with Gasteiger partial charge in [0.2, 0.25) is 0 Å². The van der Waals surface area contributed by atoms with Crippen LogP contribution in [0.2, 0.25) is 0 Å². The molecule has 0 radical (unpaired) electrons. The Kier molecular flexibility index (Phi) is 26.7. The summed E-state index contributed by atoms with van der Waals surface area (Å²) in [6.07, 6.45) is 25.9. The summed E-state index contributed by atoms with van der Waals surface area (Å²) in [7, 11) is 0. The van der Waals surface area contributed by atoms with Crippen LogP contribution < -0.4 is 0 Å². The molecule has 0 aliphatic carbocycles. The Balaban J connectivity index is 3.49. The van der Waals surface area contributed by atoms with Gasteiger partial charge in [-0.05, 0) is 37.5 Å². The van der Waals surface area contributed by atoms with E-state index in [1.807, 2.05) is 6.92 Å². The highest BCUT2D eigenvalue weighted by Crippen LogP contribution is 2.18. The van der Waals surface area contributed by atoms with E-state index in [0.29, 0.717) is 31.5 Å². The lowest BCUT2D eigenvalue weighted by Gasteiger charge is -2.17. The average Bonchev–Trinajstić information content (AvgIpc) is 2.93. The number of unbranched alkanes of at least 4 members (excludes halogenated alkanes) is 13. The quantitative estimate of drug-likeness (QED) is 0.0734. The van der Waals surface area contributed by atoms with E-state index in [2.05, 4.69) is 27.7 Å². The van der Waals surface area contributed by atoms with E-state index in [1.165, 1.54) is 96.3 Å². The molecule has 226 valence electrons. The van der Waals surface area contributed by atoms with E-state index >= 15 is 0 Å². The molecule has 4 nitrogen and oxygen atoms in total. The van der Waals surface area contributed by atoms with Crippen LogP contribution >= 0.6 is 0 Å².